The van der Waals surface area contributed by atoms with E-state index >= 15 is 0 Å². The molecule has 0 aliphatic rings. The van der Waals surface area contributed by atoms with Crippen LogP contribution < -0.4 is 60.6 Å². The van der Waals surface area contributed by atoms with Gasteiger partial charge in [-0.25, -0.2) is 18.5 Å². The molecule has 31 nitrogen and oxygen atoms in total. The summed E-state index contributed by atoms with van der Waals surface area (Å²) in [7, 11) is -15.8. The highest BCUT2D eigenvalue weighted by molar-refractivity contribution is 7.46. The number of carbonyl (C=O) groups excluding carboxylic acids is 6. The maximum atomic E-state index is 13.9. The Labute approximate surface area is 385 Å². The molecule has 0 radical (unpaired) electrons. The molecule has 0 aromatic rings. The minimum atomic E-state index is -5.37. The summed E-state index contributed by atoms with van der Waals surface area (Å²) in [4.78, 5) is 149. The van der Waals surface area contributed by atoms with E-state index < -0.39 is 127 Å². The SMILES string of the molecule is NCCCC[C@H](NC(=O)[C@H](CCCCN)NC(=O)[C@H](COP(=O)(O)O)NC(=O)[C@H](CCCCN)NC(=O)[C@H](COP(=O)(O)O)NC(=O)[C@H](CCCCN)NC(=O)[C@@H](N)COP(=O)(O)O)C(=O)O. The summed E-state index contributed by atoms with van der Waals surface area (Å²) in [6, 6.07) is -12.0. The molecule has 23 N–H and O–H groups in total. The van der Waals surface area contributed by atoms with Crippen LogP contribution >= 0.6 is 23.5 Å². The van der Waals surface area contributed by atoms with Crippen LogP contribution in [-0.2, 0) is 60.8 Å². The molecule has 0 aliphatic carbocycles. The predicted octanol–water partition coefficient (Wildman–Crippen LogP) is -5.85. The Morgan fingerprint density at radius 3 is 0.910 bits per heavy atom. The molecule has 0 spiro atoms. The van der Waals surface area contributed by atoms with Gasteiger partial charge >= 0.3 is 29.4 Å². The van der Waals surface area contributed by atoms with Gasteiger partial charge in [0.1, 0.15) is 42.3 Å². The van der Waals surface area contributed by atoms with Gasteiger partial charge in [0.05, 0.1) is 19.8 Å². The largest absolute Gasteiger partial charge is 0.480 e. The maximum absolute atomic E-state index is 13.9. The van der Waals surface area contributed by atoms with E-state index in [0.717, 1.165) is 0 Å². The van der Waals surface area contributed by atoms with E-state index in [9.17, 15) is 71.9 Å². The van der Waals surface area contributed by atoms with Gasteiger partial charge in [-0.3, -0.25) is 42.3 Å². The number of nitrogens with two attached hydrogens (primary N) is 5. The summed E-state index contributed by atoms with van der Waals surface area (Å²) in [5.41, 5.74) is 27.8. The first kappa shape index (κ1) is 63.4. The molecule has 0 aromatic carbocycles. The molecule has 67 heavy (non-hydrogen) atoms. The fraction of sp³-hybridized carbons (Fsp3) is 0.788. The van der Waals surface area contributed by atoms with E-state index in [-0.39, 0.29) is 77.5 Å². The number of nitrogens with one attached hydrogen (secondary N) is 6. The molecule has 0 aromatic heterocycles. The van der Waals surface area contributed by atoms with Crippen molar-refractivity contribution < 1.29 is 95.3 Å². The van der Waals surface area contributed by atoms with E-state index in [0.29, 0.717) is 25.7 Å². The average Bonchev–Trinajstić information content (AvgIpc) is 3.22. The topological polar surface area (TPSA) is 542 Å². The third-order valence-electron chi connectivity index (χ3n) is 9.14. The second-order valence-electron chi connectivity index (χ2n) is 14.8. The summed E-state index contributed by atoms with van der Waals surface area (Å²) >= 11 is 0. The van der Waals surface area contributed by atoms with Crippen LogP contribution in [-0.4, -0.2) is 164 Å². The Morgan fingerprint density at radius 2 is 0.627 bits per heavy atom. The van der Waals surface area contributed by atoms with Crippen LogP contribution in [0.1, 0.15) is 77.0 Å². The van der Waals surface area contributed by atoms with Crippen LogP contribution in [0.3, 0.4) is 0 Å². The lowest BCUT2D eigenvalue weighted by molar-refractivity contribution is -0.142. The van der Waals surface area contributed by atoms with E-state index in [4.69, 9.17) is 38.5 Å². The third kappa shape index (κ3) is 30.5. The molecule has 0 heterocycles. The summed E-state index contributed by atoms with van der Waals surface area (Å²) in [6.07, 6.45) is 1.49. The first-order valence-electron chi connectivity index (χ1n) is 20.9. The van der Waals surface area contributed by atoms with Gasteiger partial charge in [-0.15, -0.1) is 0 Å². The average molecular weight is 1030 g/mol. The van der Waals surface area contributed by atoms with Gasteiger partial charge in [-0.2, -0.15) is 0 Å². The van der Waals surface area contributed by atoms with Crippen LogP contribution in [0.2, 0.25) is 0 Å². The third-order valence-corrected chi connectivity index (χ3v) is 10.6. The number of unbranched alkanes of at least 4 members (excludes halogenated alkanes) is 4. The lowest BCUT2D eigenvalue weighted by atomic mass is 10.0. The molecule has 6 amide bonds. The van der Waals surface area contributed by atoms with Gasteiger partial charge in [0, 0.05) is 0 Å². The highest BCUT2D eigenvalue weighted by Gasteiger charge is 2.36. The van der Waals surface area contributed by atoms with Gasteiger partial charge in [0.15, 0.2) is 0 Å². The van der Waals surface area contributed by atoms with Crippen molar-refractivity contribution in [3.05, 3.63) is 0 Å². The van der Waals surface area contributed by atoms with Crippen molar-refractivity contribution in [1.82, 2.24) is 31.9 Å². The number of aliphatic carboxylic acids is 1. The van der Waals surface area contributed by atoms with Gasteiger partial charge < -0.3 is 95.0 Å². The number of carboxylic acid groups (broad SMARTS) is 1. The van der Waals surface area contributed by atoms with Crippen LogP contribution in [0.25, 0.3) is 0 Å². The Bertz CT molecular complexity index is 1720. The van der Waals surface area contributed by atoms with Gasteiger partial charge in [-0.05, 0) is 103 Å². The standard InChI is InChI=1S/C33H68N11O20P3/c34-13-5-1-9-21(39-27(45)20(38)17-62-65(53,54)55)29(47)43-25(18-63-66(56,57)58)32(50)41-23(11-3-7-15-36)30(48)44-26(19-64-67(59,60)61)31(49)40-22(10-2-6-14-35)28(46)42-24(33(51)52)12-4-8-16-37/h20-26H,1-19,34-38H2,(H,39,45)(H,40,49)(H,41,50)(H,42,46)(H,43,47)(H,44,48)(H,51,52)(H2,53,54,55)(H2,56,57,58)(H2,59,60,61)/t20-,21-,22-,23-,24-,25-,26-/m0/s1. The van der Waals surface area contributed by atoms with Crippen LogP contribution in [0.5, 0.6) is 0 Å². The first-order chi connectivity index (χ1) is 31.2. The maximum Gasteiger partial charge on any atom is 0.469 e. The summed E-state index contributed by atoms with van der Waals surface area (Å²) in [5, 5.41) is 23.1. The van der Waals surface area contributed by atoms with Crippen molar-refractivity contribution in [3.8, 4) is 0 Å². The molecular weight excluding hydrogens is 963 g/mol. The number of hydrogen-bond donors (Lipinski definition) is 18. The normalized spacial score (nSPS) is 15.1. The zero-order chi connectivity index (χ0) is 51.4. The quantitative estimate of drug-likeness (QED) is 0.0202. The molecule has 0 bridgehead atoms. The van der Waals surface area contributed by atoms with Crippen LogP contribution in [0, 0.1) is 0 Å². The predicted molar refractivity (Wildman–Crippen MR) is 233 cm³/mol. The van der Waals surface area contributed by atoms with Gasteiger partial charge in [0.25, 0.3) is 0 Å². The second-order valence-corrected chi connectivity index (χ2v) is 18.5. The fourth-order valence-corrected chi connectivity index (χ4v) is 6.68. The number of phosphoric acid groups is 3. The lowest BCUT2D eigenvalue weighted by Gasteiger charge is -2.27. The summed E-state index contributed by atoms with van der Waals surface area (Å²) < 4.78 is 47.7. The minimum absolute atomic E-state index is 0.0236. The zero-order valence-electron chi connectivity index (χ0n) is 36.6. The number of rotatable bonds is 38. The van der Waals surface area contributed by atoms with Gasteiger partial charge in [-0.1, -0.05) is 0 Å². The molecular formula is C33H68N11O20P3. The molecule has 7 atom stereocenters. The summed E-state index contributed by atoms with van der Waals surface area (Å²) in [5.74, 6) is -8.56. The fourth-order valence-electron chi connectivity index (χ4n) is 5.64. The number of carboxylic acids is 1. The Balaban J connectivity index is 6.78. The number of amides is 6. The zero-order valence-corrected chi connectivity index (χ0v) is 39.3. The highest BCUT2D eigenvalue weighted by Crippen LogP contribution is 2.37. The second kappa shape index (κ2) is 33.0. The van der Waals surface area contributed by atoms with E-state index in [2.05, 4.69) is 45.5 Å². The summed E-state index contributed by atoms with van der Waals surface area (Å²) in [6.45, 7) is -2.86. The van der Waals surface area contributed by atoms with Crippen molar-refractivity contribution in [1.29, 1.82) is 0 Å². The molecule has 0 saturated carbocycles. The molecule has 0 unspecified atom stereocenters. The number of phosphoric ester groups is 3. The lowest BCUT2D eigenvalue weighted by Crippen LogP contribution is -2.61. The smallest absolute Gasteiger partial charge is 0.469 e. The van der Waals surface area contributed by atoms with Crippen molar-refractivity contribution in [2.45, 2.75) is 119 Å². The number of carbonyl (C=O) groups is 7. The first-order valence-corrected chi connectivity index (χ1v) is 25.5. The van der Waals surface area contributed by atoms with Crippen molar-refractivity contribution in [2.75, 3.05) is 46.0 Å². The highest BCUT2D eigenvalue weighted by atomic mass is 31.2. The molecule has 0 aliphatic heterocycles. The van der Waals surface area contributed by atoms with Crippen molar-refractivity contribution in [3.63, 3.8) is 0 Å². The molecule has 0 fully saturated rings. The monoisotopic (exact) mass is 1030 g/mol. The number of hydrogen-bond acceptors (Lipinski definition) is 18. The molecule has 0 rings (SSSR count). The Kier molecular flexibility index (Phi) is 31.3. The van der Waals surface area contributed by atoms with Crippen LogP contribution in [0.4, 0.5) is 0 Å². The Hall–Kier alpha value is -3.58. The van der Waals surface area contributed by atoms with Crippen molar-refractivity contribution >= 4 is 64.9 Å². The van der Waals surface area contributed by atoms with Crippen molar-refractivity contribution in [2.24, 2.45) is 28.7 Å². The van der Waals surface area contributed by atoms with Crippen LogP contribution in [0.15, 0.2) is 0 Å². The minimum Gasteiger partial charge on any atom is -0.480 e. The van der Waals surface area contributed by atoms with E-state index in [1.807, 2.05) is 0 Å². The Morgan fingerprint density at radius 1 is 0.388 bits per heavy atom. The molecule has 34 heteroatoms. The molecule has 0 saturated heterocycles. The molecule has 390 valence electrons. The van der Waals surface area contributed by atoms with E-state index in [1.165, 1.54) is 0 Å². The van der Waals surface area contributed by atoms with Gasteiger partial charge in [0.2, 0.25) is 35.4 Å². The van der Waals surface area contributed by atoms with E-state index in [1.54, 1.807) is 0 Å².